The van der Waals surface area contributed by atoms with Gasteiger partial charge >= 0.3 is 0 Å². The van der Waals surface area contributed by atoms with Crippen LogP contribution < -0.4 is 5.32 Å². The maximum atomic E-state index is 3.58. The van der Waals surface area contributed by atoms with E-state index in [1.54, 1.807) is 11.1 Å². The van der Waals surface area contributed by atoms with E-state index in [-0.39, 0.29) is 0 Å². The molecule has 1 heterocycles. The lowest BCUT2D eigenvalue weighted by Gasteiger charge is -2.28. The highest BCUT2D eigenvalue weighted by Crippen LogP contribution is 2.26. The predicted molar refractivity (Wildman–Crippen MR) is 71.3 cm³/mol. The summed E-state index contributed by atoms with van der Waals surface area (Å²) in [7, 11) is 0. The van der Waals surface area contributed by atoms with Crippen LogP contribution in [0.3, 0.4) is 0 Å². The van der Waals surface area contributed by atoms with Crippen LogP contribution in [0.15, 0.2) is 24.3 Å². The Morgan fingerprint density at radius 2 is 1.88 bits per heavy atom. The van der Waals surface area contributed by atoms with E-state index in [0.29, 0.717) is 6.04 Å². The number of rotatable bonds is 1. The molecule has 92 valence electrons. The zero-order valence-corrected chi connectivity index (χ0v) is 10.7. The van der Waals surface area contributed by atoms with Crippen molar-refractivity contribution >= 4 is 0 Å². The van der Waals surface area contributed by atoms with E-state index in [4.69, 9.17) is 0 Å². The lowest BCUT2D eigenvalue weighted by Crippen LogP contribution is -2.41. The standard InChI is InChI=1S/C15H22N2/c1-12-11-17(8-4-7-16-12)15-9-13-5-2-3-6-14(13)10-15/h2-3,5-6,12,15-16H,4,7-11H2,1H3. The minimum atomic E-state index is 0.640. The molecule has 1 fully saturated rings. The molecule has 0 bridgehead atoms. The average molecular weight is 230 g/mol. The highest BCUT2D eigenvalue weighted by Gasteiger charge is 2.27. The van der Waals surface area contributed by atoms with Crippen molar-refractivity contribution in [3.63, 3.8) is 0 Å². The second-order valence-electron chi connectivity index (χ2n) is 5.53. The molecule has 0 aromatic heterocycles. The zero-order valence-electron chi connectivity index (χ0n) is 10.7. The Kier molecular flexibility index (Phi) is 3.17. The van der Waals surface area contributed by atoms with Crippen LogP contribution in [0.1, 0.15) is 24.5 Å². The fourth-order valence-corrected chi connectivity index (χ4v) is 3.26. The number of nitrogens with zero attached hydrogens (tertiary/aromatic N) is 1. The minimum Gasteiger partial charge on any atom is -0.313 e. The SMILES string of the molecule is CC1CN(C2Cc3ccccc3C2)CCCN1. The molecule has 0 spiro atoms. The van der Waals surface area contributed by atoms with Gasteiger partial charge in [0.25, 0.3) is 0 Å². The molecule has 1 aromatic rings. The van der Waals surface area contributed by atoms with Gasteiger partial charge in [-0.05, 0) is 50.4 Å². The third-order valence-electron chi connectivity index (χ3n) is 4.17. The summed E-state index contributed by atoms with van der Waals surface area (Å²) in [6.07, 6.45) is 3.79. The summed E-state index contributed by atoms with van der Waals surface area (Å²) in [5.41, 5.74) is 3.14. The lowest BCUT2D eigenvalue weighted by molar-refractivity contribution is 0.201. The van der Waals surface area contributed by atoms with Gasteiger partial charge < -0.3 is 5.32 Å². The third kappa shape index (κ3) is 2.38. The molecule has 1 N–H and O–H groups in total. The van der Waals surface area contributed by atoms with E-state index in [2.05, 4.69) is 41.4 Å². The fourth-order valence-electron chi connectivity index (χ4n) is 3.26. The van der Waals surface area contributed by atoms with Crippen molar-refractivity contribution < 1.29 is 0 Å². The molecule has 0 saturated carbocycles. The van der Waals surface area contributed by atoms with Crippen LogP contribution in [0.4, 0.5) is 0 Å². The van der Waals surface area contributed by atoms with E-state index in [1.165, 1.54) is 38.9 Å². The summed E-state index contributed by atoms with van der Waals surface area (Å²) in [4.78, 5) is 2.70. The largest absolute Gasteiger partial charge is 0.313 e. The Balaban J connectivity index is 1.71. The van der Waals surface area contributed by atoms with E-state index >= 15 is 0 Å². The van der Waals surface area contributed by atoms with Gasteiger partial charge in [-0.2, -0.15) is 0 Å². The Morgan fingerprint density at radius 1 is 1.18 bits per heavy atom. The molecular formula is C15H22N2. The normalized spacial score (nSPS) is 26.8. The minimum absolute atomic E-state index is 0.640. The van der Waals surface area contributed by atoms with Gasteiger partial charge in [-0.3, -0.25) is 4.90 Å². The van der Waals surface area contributed by atoms with Crippen LogP contribution >= 0.6 is 0 Å². The monoisotopic (exact) mass is 230 g/mol. The molecule has 1 unspecified atom stereocenters. The van der Waals surface area contributed by atoms with Gasteiger partial charge in [-0.1, -0.05) is 24.3 Å². The molecule has 3 rings (SSSR count). The van der Waals surface area contributed by atoms with Crippen molar-refractivity contribution in [2.75, 3.05) is 19.6 Å². The summed E-state index contributed by atoms with van der Waals surface area (Å²) in [5.74, 6) is 0. The van der Waals surface area contributed by atoms with Crippen LogP contribution in [-0.4, -0.2) is 36.6 Å². The molecule has 1 aromatic carbocycles. The van der Waals surface area contributed by atoms with Gasteiger partial charge in [-0.25, -0.2) is 0 Å². The van der Waals surface area contributed by atoms with Crippen molar-refractivity contribution in [3.05, 3.63) is 35.4 Å². The Bertz CT molecular complexity index is 363. The van der Waals surface area contributed by atoms with E-state index < -0.39 is 0 Å². The van der Waals surface area contributed by atoms with Crippen molar-refractivity contribution in [1.29, 1.82) is 0 Å². The first-order valence-electron chi connectivity index (χ1n) is 6.87. The van der Waals surface area contributed by atoms with Crippen molar-refractivity contribution in [1.82, 2.24) is 10.2 Å². The first kappa shape index (κ1) is 11.2. The quantitative estimate of drug-likeness (QED) is 0.792. The van der Waals surface area contributed by atoms with Crippen LogP contribution in [0.2, 0.25) is 0 Å². The number of benzene rings is 1. The highest BCUT2D eigenvalue weighted by atomic mass is 15.2. The summed E-state index contributed by atoms with van der Waals surface area (Å²) in [6.45, 7) is 5.95. The molecule has 1 aliphatic carbocycles. The van der Waals surface area contributed by atoms with Crippen molar-refractivity contribution in [2.45, 2.75) is 38.3 Å². The van der Waals surface area contributed by atoms with Crippen molar-refractivity contribution in [3.8, 4) is 0 Å². The molecule has 1 saturated heterocycles. The van der Waals surface area contributed by atoms with E-state index in [9.17, 15) is 0 Å². The van der Waals surface area contributed by atoms with Gasteiger partial charge in [-0.15, -0.1) is 0 Å². The van der Waals surface area contributed by atoms with Crippen LogP contribution in [0.25, 0.3) is 0 Å². The molecule has 2 heteroatoms. The molecule has 0 amide bonds. The lowest BCUT2D eigenvalue weighted by atomic mass is 10.1. The van der Waals surface area contributed by atoms with Crippen LogP contribution in [0, 0.1) is 0 Å². The maximum absolute atomic E-state index is 3.58. The fraction of sp³-hybridized carbons (Fsp3) is 0.600. The molecule has 1 aliphatic heterocycles. The predicted octanol–water partition coefficient (Wildman–Crippen LogP) is 1.84. The second kappa shape index (κ2) is 4.79. The van der Waals surface area contributed by atoms with E-state index in [1.807, 2.05) is 0 Å². The average Bonchev–Trinajstić information content (AvgIpc) is 2.65. The Labute approximate surface area is 104 Å². The first-order chi connectivity index (χ1) is 8.33. The first-order valence-corrected chi connectivity index (χ1v) is 6.87. The second-order valence-corrected chi connectivity index (χ2v) is 5.53. The third-order valence-corrected chi connectivity index (χ3v) is 4.17. The smallest absolute Gasteiger partial charge is 0.0177 e. The van der Waals surface area contributed by atoms with E-state index in [0.717, 1.165) is 6.04 Å². The number of hydrogen-bond acceptors (Lipinski definition) is 2. The summed E-state index contributed by atoms with van der Waals surface area (Å²) < 4.78 is 0. The topological polar surface area (TPSA) is 15.3 Å². The molecule has 2 nitrogen and oxygen atoms in total. The number of fused-ring (bicyclic) bond motifs is 1. The summed E-state index contributed by atoms with van der Waals surface area (Å²) in [5, 5.41) is 3.58. The maximum Gasteiger partial charge on any atom is 0.0177 e. The van der Waals surface area contributed by atoms with Gasteiger partial charge in [0.1, 0.15) is 0 Å². The highest BCUT2D eigenvalue weighted by molar-refractivity contribution is 5.33. The van der Waals surface area contributed by atoms with Gasteiger partial charge in [0.2, 0.25) is 0 Å². The molecular weight excluding hydrogens is 208 g/mol. The van der Waals surface area contributed by atoms with Gasteiger partial charge in [0.05, 0.1) is 0 Å². The van der Waals surface area contributed by atoms with Gasteiger partial charge in [0, 0.05) is 18.6 Å². The molecule has 17 heavy (non-hydrogen) atoms. The number of hydrogen-bond donors (Lipinski definition) is 1. The number of nitrogens with one attached hydrogen (secondary N) is 1. The van der Waals surface area contributed by atoms with Crippen molar-refractivity contribution in [2.24, 2.45) is 0 Å². The molecule has 0 radical (unpaired) electrons. The Hall–Kier alpha value is -0.860. The van der Waals surface area contributed by atoms with Crippen LogP contribution in [-0.2, 0) is 12.8 Å². The van der Waals surface area contributed by atoms with Crippen LogP contribution in [0.5, 0.6) is 0 Å². The molecule has 1 atom stereocenters. The molecule has 2 aliphatic rings. The summed E-state index contributed by atoms with van der Waals surface area (Å²) in [6, 6.07) is 10.3. The Morgan fingerprint density at radius 3 is 2.59 bits per heavy atom. The summed E-state index contributed by atoms with van der Waals surface area (Å²) >= 11 is 0. The zero-order chi connectivity index (χ0) is 11.7. The van der Waals surface area contributed by atoms with Gasteiger partial charge in [0.15, 0.2) is 0 Å².